The number of fused-ring (bicyclic) bond motifs is 2. The van der Waals surface area contributed by atoms with Gasteiger partial charge < -0.3 is 25.8 Å². The van der Waals surface area contributed by atoms with Gasteiger partial charge in [-0.2, -0.15) is 10.2 Å². The predicted octanol–water partition coefficient (Wildman–Crippen LogP) is 2.04. The fourth-order valence-corrected chi connectivity index (χ4v) is 3.02. The molecule has 3 heterocycles. The Morgan fingerprint density at radius 3 is 2.93 bits per heavy atom. The Balaban J connectivity index is 1.96. The molecule has 27 heavy (non-hydrogen) atoms. The van der Waals surface area contributed by atoms with Crippen molar-refractivity contribution >= 4 is 29.1 Å². The second-order valence-corrected chi connectivity index (χ2v) is 6.74. The molecule has 1 fully saturated rings. The maximum Gasteiger partial charge on any atom is 0.229 e. The van der Waals surface area contributed by atoms with Crippen molar-refractivity contribution in [3.05, 3.63) is 22.8 Å². The van der Waals surface area contributed by atoms with Crippen molar-refractivity contribution in [2.24, 2.45) is 10.7 Å². The molecule has 2 bridgehead atoms. The molecule has 3 rings (SSSR count). The van der Waals surface area contributed by atoms with Crippen LogP contribution >= 0.6 is 11.6 Å². The van der Waals surface area contributed by atoms with Gasteiger partial charge in [0.15, 0.2) is 11.4 Å². The second kappa shape index (κ2) is 8.41. The van der Waals surface area contributed by atoms with Gasteiger partial charge in [-0.15, -0.1) is 0 Å². The number of hydrogen-bond donors (Lipinski definition) is 3. The van der Waals surface area contributed by atoms with E-state index < -0.39 is 5.54 Å². The Labute approximate surface area is 162 Å². The highest BCUT2D eigenvalue weighted by molar-refractivity contribution is 6.32. The highest BCUT2D eigenvalue weighted by Gasteiger charge is 2.33. The lowest BCUT2D eigenvalue weighted by Gasteiger charge is -2.28. The van der Waals surface area contributed by atoms with Crippen molar-refractivity contribution in [1.82, 2.24) is 9.97 Å². The molecule has 144 valence electrons. The molecule has 0 aromatic carbocycles. The Morgan fingerprint density at radius 2 is 2.19 bits per heavy atom. The molecule has 4 N–H and O–H groups in total. The van der Waals surface area contributed by atoms with E-state index in [0.717, 1.165) is 0 Å². The summed E-state index contributed by atoms with van der Waals surface area (Å²) in [4.78, 5) is 13.2. The lowest BCUT2D eigenvalue weighted by molar-refractivity contribution is 0.0706. The number of nitrogens with one attached hydrogen (secondary N) is 2. The van der Waals surface area contributed by atoms with E-state index in [1.54, 1.807) is 6.92 Å². The minimum atomic E-state index is -0.836. The number of aliphatic imine (C=N–C) groups is 1. The third-order valence-corrected chi connectivity index (χ3v) is 4.65. The number of ether oxygens (including phenoxy) is 2. The zero-order valence-corrected chi connectivity index (χ0v) is 15.8. The van der Waals surface area contributed by atoms with Gasteiger partial charge in [0.1, 0.15) is 10.7 Å². The molecule has 0 radical (unpaired) electrons. The number of hydrogen-bond acceptors (Lipinski definition) is 9. The molecule has 0 unspecified atom stereocenters. The Kier molecular flexibility index (Phi) is 5.98. The molecule has 0 saturated carbocycles. The van der Waals surface area contributed by atoms with E-state index >= 15 is 0 Å². The van der Waals surface area contributed by atoms with Crippen molar-refractivity contribution in [3.8, 4) is 6.07 Å². The largest absolute Gasteiger partial charge is 0.478 e. The number of anilines is 2. The van der Waals surface area contributed by atoms with Crippen molar-refractivity contribution in [2.75, 3.05) is 37.0 Å². The summed E-state index contributed by atoms with van der Waals surface area (Å²) < 4.78 is 11.0. The summed E-state index contributed by atoms with van der Waals surface area (Å²) in [7, 11) is 0. The normalized spacial score (nSPS) is 20.4. The van der Waals surface area contributed by atoms with Crippen LogP contribution in [-0.4, -0.2) is 47.6 Å². The van der Waals surface area contributed by atoms with E-state index in [2.05, 4.69) is 31.7 Å². The minimum absolute atomic E-state index is 0.179. The summed E-state index contributed by atoms with van der Waals surface area (Å²) >= 11 is 6.13. The molecule has 2 aliphatic heterocycles. The maximum absolute atomic E-state index is 9.66. The number of allylic oxidation sites excluding steroid dienone is 1. The van der Waals surface area contributed by atoms with Crippen LogP contribution < -0.4 is 16.4 Å². The summed E-state index contributed by atoms with van der Waals surface area (Å²) in [5.41, 5.74) is 6.29. The fourth-order valence-electron chi connectivity index (χ4n) is 2.86. The van der Waals surface area contributed by atoms with Crippen molar-refractivity contribution in [2.45, 2.75) is 31.7 Å². The van der Waals surface area contributed by atoms with E-state index in [-0.39, 0.29) is 5.88 Å². The molecule has 0 aliphatic carbocycles. The first-order valence-corrected chi connectivity index (χ1v) is 9.12. The summed E-state index contributed by atoms with van der Waals surface area (Å²) in [5.74, 6) is 1.01. The highest BCUT2D eigenvalue weighted by Crippen LogP contribution is 2.26. The number of halogens is 1. The van der Waals surface area contributed by atoms with E-state index in [9.17, 15) is 5.26 Å². The van der Waals surface area contributed by atoms with Crippen molar-refractivity contribution in [1.29, 1.82) is 5.26 Å². The van der Waals surface area contributed by atoms with Crippen LogP contribution in [0, 0.1) is 11.3 Å². The van der Waals surface area contributed by atoms with E-state index in [0.29, 0.717) is 73.8 Å². The van der Waals surface area contributed by atoms with Crippen LogP contribution in [0.4, 0.5) is 11.8 Å². The fraction of sp³-hybridized carbons (Fsp3) is 0.529. The summed E-state index contributed by atoms with van der Waals surface area (Å²) in [6.07, 6.45) is 3.27. The van der Waals surface area contributed by atoms with Crippen LogP contribution in [0.2, 0.25) is 5.02 Å². The lowest BCUT2D eigenvalue weighted by Crippen LogP contribution is -2.34. The van der Waals surface area contributed by atoms with E-state index in [1.165, 1.54) is 6.20 Å². The average Bonchev–Trinajstić information content (AvgIpc) is 2.70. The topological polar surface area (TPSA) is 130 Å². The SMILES string of the molecule is CC(=NC1(C#N)CCOCC1)C1=C(N)OCCCNc2nc(ncc2Cl)N1. The first kappa shape index (κ1) is 19.2. The predicted molar refractivity (Wildman–Crippen MR) is 102 cm³/mol. The summed E-state index contributed by atoms with van der Waals surface area (Å²) in [5, 5.41) is 16.3. The summed E-state index contributed by atoms with van der Waals surface area (Å²) in [6.45, 7) is 3.82. The highest BCUT2D eigenvalue weighted by atomic mass is 35.5. The van der Waals surface area contributed by atoms with Crippen LogP contribution in [0.5, 0.6) is 0 Å². The summed E-state index contributed by atoms with van der Waals surface area (Å²) in [6, 6.07) is 2.32. The Hall–Kier alpha value is -2.57. The third kappa shape index (κ3) is 4.59. The first-order valence-electron chi connectivity index (χ1n) is 8.75. The minimum Gasteiger partial charge on any atom is -0.478 e. The van der Waals surface area contributed by atoms with Crippen LogP contribution in [0.15, 0.2) is 22.8 Å². The van der Waals surface area contributed by atoms with Gasteiger partial charge in [0.25, 0.3) is 0 Å². The molecule has 1 saturated heterocycles. The van der Waals surface area contributed by atoms with Gasteiger partial charge in [-0.1, -0.05) is 11.6 Å². The van der Waals surface area contributed by atoms with Gasteiger partial charge in [0.2, 0.25) is 11.8 Å². The molecule has 1 aromatic rings. The maximum atomic E-state index is 9.66. The molecule has 9 nitrogen and oxygen atoms in total. The third-order valence-electron chi connectivity index (χ3n) is 4.37. The quantitative estimate of drug-likeness (QED) is 0.652. The van der Waals surface area contributed by atoms with Gasteiger partial charge >= 0.3 is 0 Å². The molecule has 10 heteroatoms. The zero-order chi connectivity index (χ0) is 19.3. The smallest absolute Gasteiger partial charge is 0.229 e. The second-order valence-electron chi connectivity index (χ2n) is 6.34. The monoisotopic (exact) mass is 391 g/mol. The average molecular weight is 392 g/mol. The number of nitriles is 1. The molecule has 2 aliphatic rings. The first-order chi connectivity index (χ1) is 13.0. The zero-order valence-electron chi connectivity index (χ0n) is 15.1. The van der Waals surface area contributed by atoms with Gasteiger partial charge in [-0.25, -0.2) is 4.98 Å². The molecule has 1 aromatic heterocycles. The number of rotatable bonds is 2. The van der Waals surface area contributed by atoms with Crippen LogP contribution in [0.3, 0.4) is 0 Å². The molecule has 0 spiro atoms. The van der Waals surface area contributed by atoms with Gasteiger partial charge in [0, 0.05) is 32.6 Å². The Morgan fingerprint density at radius 1 is 1.41 bits per heavy atom. The standard InChI is InChI=1S/C17H22ClN7O2/c1-11(25-17(10-19)3-7-26-8-4-17)13-14(20)27-6-2-5-21-15-12(18)9-22-16(23-13)24-15/h9H,2-8,20H2,1H3,(H2,21,22,23,24). The Bertz CT molecular complexity index is 797. The molecular formula is C17H22ClN7O2. The van der Waals surface area contributed by atoms with Gasteiger partial charge in [-0.05, 0) is 13.3 Å². The van der Waals surface area contributed by atoms with Gasteiger partial charge in [0.05, 0.1) is 24.6 Å². The van der Waals surface area contributed by atoms with Crippen molar-refractivity contribution < 1.29 is 9.47 Å². The lowest BCUT2D eigenvalue weighted by atomic mass is 9.92. The number of nitrogens with two attached hydrogens (primary N) is 1. The van der Waals surface area contributed by atoms with Crippen LogP contribution in [0.1, 0.15) is 26.2 Å². The van der Waals surface area contributed by atoms with Crippen LogP contribution in [0.25, 0.3) is 0 Å². The molecular weight excluding hydrogens is 370 g/mol. The number of aromatic nitrogens is 2. The number of nitrogens with zero attached hydrogens (tertiary/aromatic N) is 4. The molecule has 0 amide bonds. The van der Waals surface area contributed by atoms with Crippen molar-refractivity contribution in [3.63, 3.8) is 0 Å². The van der Waals surface area contributed by atoms with E-state index in [1.807, 2.05) is 0 Å². The molecule has 0 atom stereocenters. The van der Waals surface area contributed by atoms with Gasteiger partial charge in [-0.3, -0.25) is 4.99 Å². The van der Waals surface area contributed by atoms with Crippen LogP contribution in [-0.2, 0) is 9.47 Å². The van der Waals surface area contributed by atoms with E-state index in [4.69, 9.17) is 26.8 Å².